The summed E-state index contributed by atoms with van der Waals surface area (Å²) >= 11 is 0. The Kier molecular flexibility index (Phi) is 6.32. The van der Waals surface area contributed by atoms with Gasteiger partial charge in [-0.25, -0.2) is 0 Å². The molecule has 0 radical (unpaired) electrons. The minimum Gasteiger partial charge on any atom is -0.497 e. The lowest BCUT2D eigenvalue weighted by Crippen LogP contribution is -2.45. The van der Waals surface area contributed by atoms with E-state index in [0.29, 0.717) is 6.04 Å². The van der Waals surface area contributed by atoms with Gasteiger partial charge < -0.3 is 20.1 Å². The third kappa shape index (κ3) is 5.44. The average molecular weight is 346 g/mol. The predicted octanol–water partition coefficient (Wildman–Crippen LogP) is 1.98. The van der Waals surface area contributed by atoms with Gasteiger partial charge in [0.1, 0.15) is 11.9 Å². The van der Waals surface area contributed by atoms with Crippen LogP contribution in [0.15, 0.2) is 24.3 Å². The smallest absolute Gasteiger partial charge is 0.249 e. The number of carbonyl (C=O) groups is 1. The SMILES string of the molecule is COc1cccc(CCCN2CCC([C@H](O)C(=O)NC3CC3)CC2)c1. The van der Waals surface area contributed by atoms with Crippen LogP contribution in [0.1, 0.15) is 37.7 Å². The maximum atomic E-state index is 12.0. The van der Waals surface area contributed by atoms with Crippen molar-refractivity contribution in [2.24, 2.45) is 5.92 Å². The molecule has 1 aliphatic heterocycles. The molecule has 1 saturated carbocycles. The van der Waals surface area contributed by atoms with Crippen LogP contribution in [-0.4, -0.2) is 54.8 Å². The Morgan fingerprint density at radius 2 is 2.08 bits per heavy atom. The third-order valence-electron chi connectivity index (χ3n) is 5.35. The van der Waals surface area contributed by atoms with Crippen molar-refractivity contribution in [3.63, 3.8) is 0 Å². The van der Waals surface area contributed by atoms with Gasteiger partial charge in [-0.3, -0.25) is 4.79 Å². The summed E-state index contributed by atoms with van der Waals surface area (Å²) in [5.41, 5.74) is 1.31. The fourth-order valence-electron chi connectivity index (χ4n) is 3.56. The number of aliphatic hydroxyl groups is 1. The average Bonchev–Trinajstić information content (AvgIpc) is 3.46. The van der Waals surface area contributed by atoms with Crippen molar-refractivity contribution in [3.8, 4) is 5.75 Å². The molecule has 0 aromatic heterocycles. The van der Waals surface area contributed by atoms with Crippen LogP contribution in [0, 0.1) is 5.92 Å². The zero-order valence-electron chi connectivity index (χ0n) is 15.1. The Morgan fingerprint density at radius 3 is 2.76 bits per heavy atom. The van der Waals surface area contributed by atoms with E-state index in [1.54, 1.807) is 7.11 Å². The summed E-state index contributed by atoms with van der Waals surface area (Å²) < 4.78 is 5.27. The molecule has 1 saturated heterocycles. The molecule has 3 rings (SSSR count). The van der Waals surface area contributed by atoms with Crippen molar-refractivity contribution >= 4 is 5.91 Å². The number of aryl methyl sites for hydroxylation is 1. The Morgan fingerprint density at radius 1 is 1.32 bits per heavy atom. The Labute approximate surface area is 150 Å². The van der Waals surface area contributed by atoms with E-state index in [1.807, 2.05) is 12.1 Å². The minimum atomic E-state index is -0.834. The van der Waals surface area contributed by atoms with Gasteiger partial charge in [0.2, 0.25) is 5.91 Å². The lowest BCUT2D eigenvalue weighted by molar-refractivity contribution is -0.133. The van der Waals surface area contributed by atoms with Crippen LogP contribution in [0.5, 0.6) is 5.75 Å². The molecule has 1 aromatic rings. The number of methoxy groups -OCH3 is 1. The van der Waals surface area contributed by atoms with Crippen molar-refractivity contribution in [3.05, 3.63) is 29.8 Å². The van der Waals surface area contributed by atoms with Crippen molar-refractivity contribution in [1.29, 1.82) is 0 Å². The van der Waals surface area contributed by atoms with E-state index < -0.39 is 6.10 Å². The molecule has 0 unspecified atom stereocenters. The number of benzene rings is 1. The first-order valence-corrected chi connectivity index (χ1v) is 9.49. The molecule has 0 bridgehead atoms. The molecule has 2 aliphatic rings. The van der Waals surface area contributed by atoms with Crippen molar-refractivity contribution in [2.75, 3.05) is 26.7 Å². The summed E-state index contributed by atoms with van der Waals surface area (Å²) in [6.45, 7) is 3.00. The maximum Gasteiger partial charge on any atom is 0.249 e. The molecule has 5 nitrogen and oxygen atoms in total. The van der Waals surface area contributed by atoms with Crippen LogP contribution in [0.25, 0.3) is 0 Å². The first kappa shape index (κ1) is 18.2. The van der Waals surface area contributed by atoms with Gasteiger partial charge in [-0.05, 0) is 81.8 Å². The Hall–Kier alpha value is -1.59. The van der Waals surface area contributed by atoms with Gasteiger partial charge in [-0.1, -0.05) is 12.1 Å². The fraction of sp³-hybridized carbons (Fsp3) is 0.650. The second-order valence-corrected chi connectivity index (χ2v) is 7.36. The van der Waals surface area contributed by atoms with Gasteiger partial charge in [-0.2, -0.15) is 0 Å². The predicted molar refractivity (Wildman–Crippen MR) is 97.7 cm³/mol. The highest BCUT2D eigenvalue weighted by atomic mass is 16.5. The molecule has 1 amide bonds. The van der Waals surface area contributed by atoms with Crippen LogP contribution in [0.3, 0.4) is 0 Å². The first-order valence-electron chi connectivity index (χ1n) is 9.49. The number of hydrogen-bond acceptors (Lipinski definition) is 4. The number of carbonyl (C=O) groups excluding carboxylic acids is 1. The van der Waals surface area contributed by atoms with Crippen molar-refractivity contribution < 1.29 is 14.6 Å². The molecule has 2 N–H and O–H groups in total. The van der Waals surface area contributed by atoms with Gasteiger partial charge in [-0.15, -0.1) is 0 Å². The van der Waals surface area contributed by atoms with E-state index in [1.165, 1.54) is 5.56 Å². The Bertz CT molecular complexity index is 566. The van der Waals surface area contributed by atoms with E-state index in [2.05, 4.69) is 22.3 Å². The number of amides is 1. The van der Waals surface area contributed by atoms with Crippen LogP contribution in [0.2, 0.25) is 0 Å². The van der Waals surface area contributed by atoms with E-state index >= 15 is 0 Å². The first-order chi connectivity index (χ1) is 12.2. The second-order valence-electron chi connectivity index (χ2n) is 7.36. The van der Waals surface area contributed by atoms with E-state index in [-0.39, 0.29) is 11.8 Å². The van der Waals surface area contributed by atoms with Crippen LogP contribution >= 0.6 is 0 Å². The highest BCUT2D eigenvalue weighted by molar-refractivity contribution is 5.81. The molecule has 1 atom stereocenters. The van der Waals surface area contributed by atoms with Gasteiger partial charge >= 0.3 is 0 Å². The standard InChI is InChI=1S/C20H30N2O3/c1-25-18-6-2-4-15(14-18)5-3-11-22-12-9-16(10-13-22)19(23)20(24)21-17-7-8-17/h2,4,6,14,16-17,19,23H,3,5,7-13H2,1H3,(H,21,24)/t19-/m0/s1. The molecule has 2 fully saturated rings. The number of rotatable bonds is 8. The van der Waals surface area contributed by atoms with E-state index in [4.69, 9.17) is 4.74 Å². The van der Waals surface area contributed by atoms with Crippen LogP contribution < -0.4 is 10.1 Å². The number of nitrogens with zero attached hydrogens (tertiary/aromatic N) is 1. The van der Waals surface area contributed by atoms with Gasteiger partial charge in [0.25, 0.3) is 0 Å². The van der Waals surface area contributed by atoms with Crippen LogP contribution in [0.4, 0.5) is 0 Å². The van der Waals surface area contributed by atoms with Gasteiger partial charge in [0.05, 0.1) is 7.11 Å². The van der Waals surface area contributed by atoms with Crippen molar-refractivity contribution in [1.82, 2.24) is 10.2 Å². The number of likely N-dealkylation sites (tertiary alicyclic amines) is 1. The number of aliphatic hydroxyl groups excluding tert-OH is 1. The van der Waals surface area contributed by atoms with E-state index in [9.17, 15) is 9.90 Å². The zero-order chi connectivity index (χ0) is 17.6. The lowest BCUT2D eigenvalue weighted by Gasteiger charge is -2.33. The number of piperidine rings is 1. The molecular weight excluding hydrogens is 316 g/mol. The summed E-state index contributed by atoms with van der Waals surface area (Å²) in [4.78, 5) is 14.4. The highest BCUT2D eigenvalue weighted by Gasteiger charge is 2.32. The second kappa shape index (κ2) is 8.68. The largest absolute Gasteiger partial charge is 0.497 e. The fourth-order valence-corrected chi connectivity index (χ4v) is 3.56. The summed E-state index contributed by atoms with van der Waals surface area (Å²) in [6, 6.07) is 8.57. The molecule has 25 heavy (non-hydrogen) atoms. The monoisotopic (exact) mass is 346 g/mol. The zero-order valence-corrected chi connectivity index (χ0v) is 15.1. The molecule has 0 spiro atoms. The number of ether oxygens (including phenoxy) is 1. The van der Waals surface area contributed by atoms with Gasteiger partial charge in [0, 0.05) is 6.04 Å². The molecule has 1 aromatic carbocycles. The minimum absolute atomic E-state index is 0.105. The topological polar surface area (TPSA) is 61.8 Å². The quantitative estimate of drug-likeness (QED) is 0.756. The third-order valence-corrected chi connectivity index (χ3v) is 5.35. The molecule has 1 heterocycles. The van der Waals surface area contributed by atoms with Crippen LogP contribution in [-0.2, 0) is 11.2 Å². The Balaban J connectivity index is 1.35. The molecular formula is C20H30N2O3. The molecule has 138 valence electrons. The van der Waals surface area contributed by atoms with Crippen molar-refractivity contribution in [2.45, 2.75) is 50.7 Å². The highest BCUT2D eigenvalue weighted by Crippen LogP contribution is 2.24. The number of nitrogens with one attached hydrogen (secondary N) is 1. The van der Waals surface area contributed by atoms with E-state index in [0.717, 1.165) is 63.9 Å². The molecule has 5 heteroatoms. The summed E-state index contributed by atoms with van der Waals surface area (Å²) in [6.07, 6.45) is 5.25. The lowest BCUT2D eigenvalue weighted by atomic mass is 9.90. The summed E-state index contributed by atoms with van der Waals surface area (Å²) in [7, 11) is 1.70. The molecule has 1 aliphatic carbocycles. The normalized spacial score (nSPS) is 20.2. The summed E-state index contributed by atoms with van der Waals surface area (Å²) in [5, 5.41) is 13.1. The number of hydrogen-bond donors (Lipinski definition) is 2. The van der Waals surface area contributed by atoms with Gasteiger partial charge in [0.15, 0.2) is 0 Å². The summed E-state index contributed by atoms with van der Waals surface area (Å²) in [5.74, 6) is 0.851. The maximum absolute atomic E-state index is 12.0.